The van der Waals surface area contributed by atoms with E-state index in [0.717, 1.165) is 5.75 Å². The van der Waals surface area contributed by atoms with Gasteiger partial charge in [-0.15, -0.1) is 0 Å². The molecule has 0 aliphatic heterocycles. The summed E-state index contributed by atoms with van der Waals surface area (Å²) in [5, 5.41) is 3.59. The Morgan fingerprint density at radius 1 is 1.10 bits per heavy atom. The number of nitrogens with one attached hydrogen (secondary N) is 1. The maximum Gasteiger partial charge on any atom is 0.124 e. The summed E-state index contributed by atoms with van der Waals surface area (Å²) in [6, 6.07) is 12.7. The molecule has 0 aliphatic rings. The quantitative estimate of drug-likeness (QED) is 0.864. The fraction of sp³-hybridized carbons (Fsp3) is 0.353. The standard InChI is InChI=1S/C17H22N2O/c1-4-20-17-10-6-5-9-16(17)14(3)19-13(2)15-8-7-11-18-12-15/h5-14,19H,4H2,1-3H3/t13-,14?/m1/s1. The van der Waals surface area contributed by atoms with Gasteiger partial charge < -0.3 is 10.1 Å². The summed E-state index contributed by atoms with van der Waals surface area (Å²) >= 11 is 0. The first kappa shape index (κ1) is 14.5. The number of hydrogen-bond acceptors (Lipinski definition) is 3. The molecule has 2 atom stereocenters. The second-order valence-corrected chi connectivity index (χ2v) is 4.87. The minimum absolute atomic E-state index is 0.216. The Hall–Kier alpha value is -1.87. The van der Waals surface area contributed by atoms with E-state index in [2.05, 4.69) is 36.3 Å². The minimum Gasteiger partial charge on any atom is -0.494 e. The lowest BCUT2D eigenvalue weighted by atomic mass is 10.0. The average molecular weight is 270 g/mol. The van der Waals surface area contributed by atoms with Crippen molar-refractivity contribution in [1.29, 1.82) is 0 Å². The lowest BCUT2D eigenvalue weighted by molar-refractivity contribution is 0.331. The topological polar surface area (TPSA) is 34.1 Å². The van der Waals surface area contributed by atoms with Gasteiger partial charge in [0.1, 0.15) is 5.75 Å². The van der Waals surface area contributed by atoms with Crippen LogP contribution in [0.1, 0.15) is 44.0 Å². The summed E-state index contributed by atoms with van der Waals surface area (Å²) in [6.07, 6.45) is 3.70. The largest absolute Gasteiger partial charge is 0.494 e. The number of nitrogens with zero attached hydrogens (tertiary/aromatic N) is 1. The first-order chi connectivity index (χ1) is 9.72. The van der Waals surface area contributed by atoms with Gasteiger partial charge in [0, 0.05) is 30.0 Å². The maximum atomic E-state index is 5.69. The van der Waals surface area contributed by atoms with Crippen LogP contribution in [-0.4, -0.2) is 11.6 Å². The van der Waals surface area contributed by atoms with E-state index >= 15 is 0 Å². The van der Waals surface area contributed by atoms with E-state index in [1.165, 1.54) is 11.1 Å². The van der Waals surface area contributed by atoms with Crippen molar-refractivity contribution in [3.63, 3.8) is 0 Å². The summed E-state index contributed by atoms with van der Waals surface area (Å²) in [5.74, 6) is 0.952. The highest BCUT2D eigenvalue weighted by Crippen LogP contribution is 2.26. The molecule has 3 nitrogen and oxygen atoms in total. The van der Waals surface area contributed by atoms with Crippen LogP contribution >= 0.6 is 0 Å². The smallest absolute Gasteiger partial charge is 0.124 e. The van der Waals surface area contributed by atoms with Crippen LogP contribution in [0.2, 0.25) is 0 Å². The van der Waals surface area contributed by atoms with Crippen molar-refractivity contribution in [2.45, 2.75) is 32.9 Å². The van der Waals surface area contributed by atoms with Crippen molar-refractivity contribution >= 4 is 0 Å². The molecule has 1 N–H and O–H groups in total. The Balaban J connectivity index is 2.10. The van der Waals surface area contributed by atoms with Crippen molar-refractivity contribution in [1.82, 2.24) is 10.3 Å². The number of rotatable bonds is 6. The van der Waals surface area contributed by atoms with E-state index in [-0.39, 0.29) is 12.1 Å². The van der Waals surface area contributed by atoms with Crippen molar-refractivity contribution in [3.05, 3.63) is 59.9 Å². The van der Waals surface area contributed by atoms with Gasteiger partial charge in [-0.25, -0.2) is 0 Å². The Bertz CT molecular complexity index is 528. The van der Waals surface area contributed by atoms with Crippen molar-refractivity contribution in [2.75, 3.05) is 6.61 Å². The molecule has 20 heavy (non-hydrogen) atoms. The molecule has 0 saturated carbocycles. The fourth-order valence-corrected chi connectivity index (χ4v) is 2.32. The van der Waals surface area contributed by atoms with E-state index in [1.807, 2.05) is 37.4 Å². The molecule has 3 heteroatoms. The second-order valence-electron chi connectivity index (χ2n) is 4.87. The van der Waals surface area contributed by atoms with E-state index < -0.39 is 0 Å². The van der Waals surface area contributed by atoms with Gasteiger partial charge in [0.2, 0.25) is 0 Å². The number of para-hydroxylation sites is 1. The van der Waals surface area contributed by atoms with Gasteiger partial charge in [-0.3, -0.25) is 4.98 Å². The zero-order valence-electron chi connectivity index (χ0n) is 12.3. The van der Waals surface area contributed by atoms with Gasteiger partial charge in [-0.05, 0) is 38.5 Å². The van der Waals surface area contributed by atoms with Crippen LogP contribution < -0.4 is 10.1 Å². The second kappa shape index (κ2) is 7.06. The van der Waals surface area contributed by atoms with Crippen LogP contribution in [0.5, 0.6) is 5.75 Å². The summed E-state index contributed by atoms with van der Waals surface area (Å²) in [5.41, 5.74) is 2.37. The van der Waals surface area contributed by atoms with Gasteiger partial charge in [-0.1, -0.05) is 24.3 Å². The number of ether oxygens (including phenoxy) is 1. The zero-order valence-corrected chi connectivity index (χ0v) is 12.3. The molecule has 1 aromatic carbocycles. The maximum absolute atomic E-state index is 5.69. The molecule has 1 heterocycles. The molecule has 2 aromatic rings. The van der Waals surface area contributed by atoms with E-state index in [4.69, 9.17) is 4.74 Å². The summed E-state index contributed by atoms with van der Waals surface area (Å²) in [6.45, 7) is 7.00. The van der Waals surface area contributed by atoms with E-state index in [1.54, 1.807) is 6.20 Å². The molecule has 0 amide bonds. The average Bonchev–Trinajstić information content (AvgIpc) is 2.49. The molecule has 0 saturated heterocycles. The molecule has 0 fully saturated rings. The summed E-state index contributed by atoms with van der Waals surface area (Å²) in [7, 11) is 0. The highest BCUT2D eigenvalue weighted by molar-refractivity contribution is 5.35. The van der Waals surface area contributed by atoms with Crippen LogP contribution in [0.25, 0.3) is 0 Å². The summed E-state index contributed by atoms with van der Waals surface area (Å²) < 4.78 is 5.69. The highest BCUT2D eigenvalue weighted by atomic mass is 16.5. The summed E-state index contributed by atoms with van der Waals surface area (Å²) in [4.78, 5) is 4.17. The SMILES string of the molecule is CCOc1ccccc1C(C)N[C@H](C)c1cccnc1. The van der Waals surface area contributed by atoms with Gasteiger partial charge in [-0.2, -0.15) is 0 Å². The molecule has 2 rings (SSSR count). The third-order valence-corrected chi connectivity index (χ3v) is 3.37. The number of benzene rings is 1. The number of hydrogen-bond donors (Lipinski definition) is 1. The molecule has 0 aliphatic carbocycles. The molecule has 0 bridgehead atoms. The Morgan fingerprint density at radius 3 is 2.60 bits per heavy atom. The van der Waals surface area contributed by atoms with Crippen LogP contribution in [0.3, 0.4) is 0 Å². The number of aromatic nitrogens is 1. The van der Waals surface area contributed by atoms with Gasteiger partial charge >= 0.3 is 0 Å². The fourth-order valence-electron chi connectivity index (χ4n) is 2.32. The van der Waals surface area contributed by atoms with Gasteiger partial charge in [0.15, 0.2) is 0 Å². The number of pyridine rings is 1. The van der Waals surface area contributed by atoms with Crippen LogP contribution in [0, 0.1) is 0 Å². The van der Waals surface area contributed by atoms with Gasteiger partial charge in [0.05, 0.1) is 6.61 Å². The molecule has 1 unspecified atom stereocenters. The first-order valence-corrected chi connectivity index (χ1v) is 7.10. The molecule has 1 aromatic heterocycles. The molecule has 0 radical (unpaired) electrons. The monoisotopic (exact) mass is 270 g/mol. The molecular formula is C17H22N2O. The lowest BCUT2D eigenvalue weighted by Gasteiger charge is -2.22. The van der Waals surface area contributed by atoms with Crippen molar-refractivity contribution in [2.24, 2.45) is 0 Å². The molecule has 106 valence electrons. The molecular weight excluding hydrogens is 248 g/mol. The first-order valence-electron chi connectivity index (χ1n) is 7.10. The van der Waals surface area contributed by atoms with E-state index in [0.29, 0.717) is 6.61 Å². The highest BCUT2D eigenvalue weighted by Gasteiger charge is 2.14. The third kappa shape index (κ3) is 3.58. The minimum atomic E-state index is 0.216. The van der Waals surface area contributed by atoms with E-state index in [9.17, 15) is 0 Å². The van der Waals surface area contributed by atoms with Crippen molar-refractivity contribution < 1.29 is 4.74 Å². The predicted molar refractivity (Wildman–Crippen MR) is 81.8 cm³/mol. The van der Waals surface area contributed by atoms with Crippen LogP contribution in [0.4, 0.5) is 0 Å². The molecule has 0 spiro atoms. The lowest BCUT2D eigenvalue weighted by Crippen LogP contribution is -2.23. The third-order valence-electron chi connectivity index (χ3n) is 3.37. The Labute approximate surface area is 121 Å². The predicted octanol–water partition coefficient (Wildman–Crippen LogP) is 3.89. The normalized spacial score (nSPS) is 13.8. The van der Waals surface area contributed by atoms with Crippen LogP contribution in [-0.2, 0) is 0 Å². The Kier molecular flexibility index (Phi) is 5.13. The Morgan fingerprint density at radius 2 is 1.90 bits per heavy atom. The van der Waals surface area contributed by atoms with Gasteiger partial charge in [0.25, 0.3) is 0 Å². The van der Waals surface area contributed by atoms with Crippen molar-refractivity contribution in [3.8, 4) is 5.75 Å². The van der Waals surface area contributed by atoms with Crippen LogP contribution in [0.15, 0.2) is 48.8 Å². The zero-order chi connectivity index (χ0) is 14.4.